The van der Waals surface area contributed by atoms with Gasteiger partial charge in [-0.3, -0.25) is 19.8 Å². The van der Waals surface area contributed by atoms with E-state index < -0.39 is 18.0 Å². The summed E-state index contributed by atoms with van der Waals surface area (Å²) >= 11 is 1.53. The number of amides is 4. The topological polar surface area (TPSA) is 105 Å². The van der Waals surface area contributed by atoms with Gasteiger partial charge in [0.2, 0.25) is 11.8 Å². The predicted octanol–water partition coefficient (Wildman–Crippen LogP) is 2.21. The largest absolute Gasteiger partial charge is 0.351 e. The second-order valence-electron chi connectivity index (χ2n) is 5.83. The number of hydrogen-bond donors (Lipinski definition) is 3. The summed E-state index contributed by atoms with van der Waals surface area (Å²) in [5.74, 6) is -0.861. The van der Waals surface area contributed by atoms with Crippen LogP contribution in [0.4, 0.5) is 10.5 Å². The highest BCUT2D eigenvalue weighted by atomic mass is 32.2. The average molecular weight is 386 g/mol. The van der Waals surface area contributed by atoms with Gasteiger partial charge in [0.15, 0.2) is 0 Å². The molecule has 0 aliphatic rings. The molecule has 27 heavy (non-hydrogen) atoms. The average Bonchev–Trinajstić information content (AvgIpc) is 2.62. The van der Waals surface area contributed by atoms with Crippen molar-refractivity contribution in [3.8, 4) is 0 Å². The minimum atomic E-state index is -0.937. The third-order valence-electron chi connectivity index (χ3n) is 3.82. The van der Waals surface area contributed by atoms with E-state index >= 15 is 0 Å². The lowest BCUT2D eigenvalue weighted by molar-refractivity contribution is -0.126. The number of thioether (sulfide) groups is 1. The Bertz CT molecular complexity index is 814. The Morgan fingerprint density at radius 2 is 1.70 bits per heavy atom. The number of imide groups is 1. The van der Waals surface area contributed by atoms with Gasteiger partial charge in [-0.05, 0) is 31.0 Å². The molecule has 142 valence electrons. The van der Waals surface area contributed by atoms with Crippen molar-refractivity contribution in [3.63, 3.8) is 0 Å². The normalized spacial score (nSPS) is 11.7. The number of carbonyl (C=O) groups excluding carboxylic acids is 3. The van der Waals surface area contributed by atoms with Crippen LogP contribution in [0.5, 0.6) is 0 Å². The summed E-state index contributed by atoms with van der Waals surface area (Å²) in [6.07, 6.45) is 1.93. The number of hydrogen-bond acceptors (Lipinski definition) is 5. The summed E-state index contributed by atoms with van der Waals surface area (Å²) in [6.45, 7) is -0.0472. The number of benzene rings is 2. The lowest BCUT2D eigenvalue weighted by Crippen LogP contribution is -2.45. The summed E-state index contributed by atoms with van der Waals surface area (Å²) in [5.41, 5.74) is 6.43. The highest BCUT2D eigenvalue weighted by molar-refractivity contribution is 7.98. The molecule has 0 unspecified atom stereocenters. The van der Waals surface area contributed by atoms with E-state index in [2.05, 4.69) is 10.6 Å². The van der Waals surface area contributed by atoms with Crippen LogP contribution < -0.4 is 16.4 Å². The molecule has 0 aromatic heterocycles. The number of carbonyl (C=O) groups is 3. The number of nitrogens with zero attached hydrogens (tertiary/aromatic N) is 1. The quantitative estimate of drug-likeness (QED) is 0.633. The van der Waals surface area contributed by atoms with E-state index in [1.807, 2.05) is 36.6 Å². The molecule has 2 rings (SSSR count). The molecule has 8 heteroatoms. The Hall–Kier alpha value is -2.84. The molecule has 4 N–H and O–H groups in total. The number of nitrogens with two attached hydrogens (primary N) is 1. The lowest BCUT2D eigenvalue weighted by atomic mass is 10.0. The van der Waals surface area contributed by atoms with E-state index in [0.29, 0.717) is 11.3 Å². The molecule has 0 saturated heterocycles. The number of anilines is 1. The van der Waals surface area contributed by atoms with Crippen LogP contribution in [-0.2, 0) is 9.59 Å². The number of nitrogens with one attached hydrogen (secondary N) is 2. The Morgan fingerprint density at radius 1 is 1.07 bits per heavy atom. The van der Waals surface area contributed by atoms with E-state index in [4.69, 9.17) is 5.73 Å². The SMILES string of the molecule is CSc1ccccc1NC(=O)CN(C)[C@@H](C(=O)NC(N)=O)c1ccccc1. The third-order valence-corrected chi connectivity index (χ3v) is 4.62. The number of para-hydroxylation sites is 1. The number of urea groups is 1. The first-order chi connectivity index (χ1) is 12.9. The maximum absolute atomic E-state index is 12.5. The minimum absolute atomic E-state index is 0.0472. The summed E-state index contributed by atoms with van der Waals surface area (Å²) < 4.78 is 0. The molecule has 0 bridgehead atoms. The fraction of sp³-hybridized carbons (Fsp3) is 0.211. The molecule has 7 nitrogen and oxygen atoms in total. The zero-order chi connectivity index (χ0) is 19.8. The first-order valence-electron chi connectivity index (χ1n) is 8.20. The van der Waals surface area contributed by atoms with Crippen molar-refractivity contribution >= 4 is 35.3 Å². The summed E-state index contributed by atoms with van der Waals surface area (Å²) in [6, 6.07) is 14.6. The lowest BCUT2D eigenvalue weighted by Gasteiger charge is -2.26. The van der Waals surface area contributed by atoms with Crippen LogP contribution in [0.15, 0.2) is 59.5 Å². The highest BCUT2D eigenvalue weighted by Gasteiger charge is 2.27. The van der Waals surface area contributed by atoms with Crippen molar-refractivity contribution in [1.82, 2.24) is 10.2 Å². The Labute approximate surface area is 162 Å². The Kier molecular flexibility index (Phi) is 7.39. The van der Waals surface area contributed by atoms with Gasteiger partial charge < -0.3 is 11.1 Å². The molecular weight excluding hydrogens is 364 g/mol. The molecule has 0 saturated carbocycles. The van der Waals surface area contributed by atoms with E-state index in [1.165, 1.54) is 11.8 Å². The van der Waals surface area contributed by atoms with Gasteiger partial charge in [0, 0.05) is 4.90 Å². The fourth-order valence-corrected chi connectivity index (χ4v) is 3.24. The number of primary amides is 1. The molecule has 1 atom stereocenters. The van der Waals surface area contributed by atoms with Gasteiger partial charge in [0.25, 0.3) is 0 Å². The molecule has 2 aromatic rings. The highest BCUT2D eigenvalue weighted by Crippen LogP contribution is 2.25. The monoisotopic (exact) mass is 386 g/mol. The van der Waals surface area contributed by atoms with Crippen LogP contribution in [0.2, 0.25) is 0 Å². The molecule has 2 aromatic carbocycles. The molecule has 0 aliphatic carbocycles. The van der Waals surface area contributed by atoms with Crippen LogP contribution in [0.3, 0.4) is 0 Å². The van der Waals surface area contributed by atoms with Crippen LogP contribution >= 0.6 is 11.8 Å². The Balaban J connectivity index is 2.15. The maximum Gasteiger partial charge on any atom is 0.318 e. The van der Waals surface area contributed by atoms with E-state index in [-0.39, 0.29) is 12.5 Å². The maximum atomic E-state index is 12.5. The zero-order valence-corrected chi connectivity index (χ0v) is 16.0. The minimum Gasteiger partial charge on any atom is -0.351 e. The fourth-order valence-electron chi connectivity index (χ4n) is 2.69. The van der Waals surface area contributed by atoms with E-state index in [9.17, 15) is 14.4 Å². The molecule has 0 heterocycles. The zero-order valence-electron chi connectivity index (χ0n) is 15.1. The number of likely N-dealkylation sites (N-methyl/N-ethyl adjacent to an activating group) is 1. The van der Waals surface area contributed by atoms with Gasteiger partial charge >= 0.3 is 6.03 Å². The van der Waals surface area contributed by atoms with Gasteiger partial charge in [-0.25, -0.2) is 4.79 Å². The van der Waals surface area contributed by atoms with Gasteiger partial charge in [-0.1, -0.05) is 42.5 Å². The van der Waals surface area contributed by atoms with E-state index in [1.54, 1.807) is 36.2 Å². The molecule has 0 aliphatic heterocycles. The van der Waals surface area contributed by atoms with Crippen molar-refractivity contribution in [2.45, 2.75) is 10.9 Å². The first-order valence-corrected chi connectivity index (χ1v) is 9.43. The van der Waals surface area contributed by atoms with Gasteiger partial charge in [0.05, 0.1) is 12.2 Å². The first kappa shape index (κ1) is 20.5. The van der Waals surface area contributed by atoms with Gasteiger partial charge in [-0.2, -0.15) is 0 Å². The van der Waals surface area contributed by atoms with Crippen molar-refractivity contribution < 1.29 is 14.4 Å². The Morgan fingerprint density at radius 3 is 2.33 bits per heavy atom. The van der Waals surface area contributed by atoms with Crippen LogP contribution in [-0.4, -0.2) is 42.6 Å². The van der Waals surface area contributed by atoms with E-state index in [0.717, 1.165) is 4.90 Å². The van der Waals surface area contributed by atoms with Gasteiger partial charge in [0.1, 0.15) is 6.04 Å². The van der Waals surface area contributed by atoms with Gasteiger partial charge in [-0.15, -0.1) is 11.8 Å². The van der Waals surface area contributed by atoms with Crippen molar-refractivity contribution in [3.05, 3.63) is 60.2 Å². The molecule has 0 spiro atoms. The summed E-state index contributed by atoms with van der Waals surface area (Å²) in [5, 5.41) is 4.94. The van der Waals surface area contributed by atoms with Crippen LogP contribution in [0.1, 0.15) is 11.6 Å². The molecular formula is C19H22N4O3S. The van der Waals surface area contributed by atoms with Crippen LogP contribution in [0, 0.1) is 0 Å². The summed E-state index contributed by atoms with van der Waals surface area (Å²) in [7, 11) is 1.64. The third kappa shape index (κ3) is 5.83. The molecule has 0 fully saturated rings. The standard InChI is InChI=1S/C19H22N4O3S/c1-23(12-16(24)21-14-10-6-7-11-15(14)27-2)17(18(25)22-19(20)26)13-8-4-3-5-9-13/h3-11,17H,12H2,1-2H3,(H,21,24)(H3,20,22,25,26)/t17-/m1/s1. The molecule has 0 radical (unpaired) electrons. The molecule has 4 amide bonds. The smallest absolute Gasteiger partial charge is 0.318 e. The summed E-state index contributed by atoms with van der Waals surface area (Å²) in [4.78, 5) is 38.5. The van der Waals surface area contributed by atoms with Crippen molar-refractivity contribution in [2.75, 3.05) is 25.2 Å². The van der Waals surface area contributed by atoms with Crippen LogP contribution in [0.25, 0.3) is 0 Å². The number of rotatable bonds is 7. The van der Waals surface area contributed by atoms with Crippen molar-refractivity contribution in [1.29, 1.82) is 0 Å². The second-order valence-corrected chi connectivity index (χ2v) is 6.68. The second kappa shape index (κ2) is 9.75. The van der Waals surface area contributed by atoms with Crippen molar-refractivity contribution in [2.24, 2.45) is 5.73 Å². The predicted molar refractivity (Wildman–Crippen MR) is 106 cm³/mol.